The average Bonchev–Trinajstić information content (AvgIpc) is 2.76. The number of thioether (sulfide) groups is 1. The molecule has 116 valence electrons. The number of rotatable bonds is 3. The first-order valence-corrected chi connectivity index (χ1v) is 8.75. The average molecular weight is 313 g/mol. The summed E-state index contributed by atoms with van der Waals surface area (Å²) in [4.78, 5) is 3.62. The Labute approximate surface area is 137 Å². The number of fused-ring (bicyclic) bond motifs is 1. The summed E-state index contributed by atoms with van der Waals surface area (Å²) < 4.78 is 5.29. The zero-order chi connectivity index (χ0) is 15.5. The highest BCUT2D eigenvalue weighted by molar-refractivity contribution is 7.99. The highest BCUT2D eigenvalue weighted by Crippen LogP contribution is 2.41. The van der Waals surface area contributed by atoms with Gasteiger partial charge >= 0.3 is 0 Å². The fraction of sp³-hybridized carbons (Fsp3) is 0.368. The normalized spacial score (nSPS) is 17.5. The molecule has 0 amide bonds. The van der Waals surface area contributed by atoms with Crippen LogP contribution in [0.4, 0.5) is 5.69 Å². The van der Waals surface area contributed by atoms with Crippen molar-refractivity contribution in [3.63, 3.8) is 0 Å². The Bertz CT molecular complexity index is 636. The summed E-state index contributed by atoms with van der Waals surface area (Å²) in [6.07, 6.45) is 2.47. The van der Waals surface area contributed by atoms with E-state index in [9.17, 15) is 0 Å². The molecule has 0 saturated heterocycles. The molecule has 0 aliphatic carbocycles. The van der Waals surface area contributed by atoms with Gasteiger partial charge in [-0.1, -0.05) is 12.1 Å². The number of nitrogens with zero attached hydrogens (tertiary/aromatic N) is 1. The van der Waals surface area contributed by atoms with Crippen molar-refractivity contribution in [2.45, 2.75) is 23.7 Å². The van der Waals surface area contributed by atoms with E-state index in [1.807, 2.05) is 11.8 Å². The lowest BCUT2D eigenvalue weighted by molar-refractivity contribution is 0.414. The minimum atomic E-state index is 0.482. The summed E-state index contributed by atoms with van der Waals surface area (Å²) in [7, 11) is 5.93. The van der Waals surface area contributed by atoms with Crippen molar-refractivity contribution in [2.24, 2.45) is 0 Å². The van der Waals surface area contributed by atoms with Gasteiger partial charge in [-0.05, 0) is 60.1 Å². The Morgan fingerprint density at radius 3 is 2.55 bits per heavy atom. The molecule has 0 aromatic heterocycles. The van der Waals surface area contributed by atoms with E-state index in [1.54, 1.807) is 7.11 Å². The van der Waals surface area contributed by atoms with Gasteiger partial charge < -0.3 is 9.64 Å². The van der Waals surface area contributed by atoms with Crippen molar-refractivity contribution in [2.75, 3.05) is 31.9 Å². The van der Waals surface area contributed by atoms with E-state index < -0.39 is 0 Å². The topological polar surface area (TPSA) is 12.5 Å². The van der Waals surface area contributed by atoms with Crippen LogP contribution < -0.4 is 9.64 Å². The van der Waals surface area contributed by atoms with Gasteiger partial charge in [0.2, 0.25) is 0 Å². The Morgan fingerprint density at radius 1 is 1.09 bits per heavy atom. The van der Waals surface area contributed by atoms with Crippen molar-refractivity contribution in [3.8, 4) is 5.75 Å². The maximum Gasteiger partial charge on any atom is 0.118 e. The van der Waals surface area contributed by atoms with E-state index in [4.69, 9.17) is 4.74 Å². The van der Waals surface area contributed by atoms with Gasteiger partial charge in [-0.25, -0.2) is 0 Å². The van der Waals surface area contributed by atoms with Crippen LogP contribution in [0.3, 0.4) is 0 Å². The summed E-state index contributed by atoms with van der Waals surface area (Å²) in [6.45, 7) is 0. The van der Waals surface area contributed by atoms with Gasteiger partial charge in [0.15, 0.2) is 0 Å². The molecule has 1 heterocycles. The van der Waals surface area contributed by atoms with Gasteiger partial charge in [0.05, 0.1) is 7.11 Å². The van der Waals surface area contributed by atoms with Crippen LogP contribution in [0.2, 0.25) is 0 Å². The number of benzene rings is 2. The van der Waals surface area contributed by atoms with E-state index in [0.717, 1.165) is 5.75 Å². The van der Waals surface area contributed by atoms with Crippen LogP contribution >= 0.6 is 11.8 Å². The SMILES string of the molecule is COc1ccc(C2CCCSc3ccc(N(C)C)cc32)cc1. The monoisotopic (exact) mass is 313 g/mol. The third kappa shape index (κ3) is 3.09. The van der Waals surface area contributed by atoms with Crippen LogP contribution in [0.5, 0.6) is 5.75 Å². The smallest absolute Gasteiger partial charge is 0.118 e. The third-order valence-electron chi connectivity index (χ3n) is 4.30. The number of hydrogen-bond acceptors (Lipinski definition) is 3. The number of ether oxygens (including phenoxy) is 1. The van der Waals surface area contributed by atoms with E-state index >= 15 is 0 Å². The van der Waals surface area contributed by atoms with E-state index in [2.05, 4.69) is 61.5 Å². The summed E-state index contributed by atoms with van der Waals surface area (Å²) in [5.74, 6) is 2.62. The fourth-order valence-corrected chi connectivity index (χ4v) is 4.09. The number of methoxy groups -OCH3 is 1. The molecular weight excluding hydrogens is 290 g/mol. The van der Waals surface area contributed by atoms with E-state index in [-0.39, 0.29) is 0 Å². The highest BCUT2D eigenvalue weighted by atomic mass is 32.2. The summed E-state index contributed by atoms with van der Waals surface area (Å²) in [5, 5.41) is 0. The van der Waals surface area contributed by atoms with Crippen molar-refractivity contribution >= 4 is 17.4 Å². The minimum absolute atomic E-state index is 0.482. The quantitative estimate of drug-likeness (QED) is 0.809. The zero-order valence-corrected chi connectivity index (χ0v) is 14.3. The van der Waals surface area contributed by atoms with Gasteiger partial charge in [0, 0.05) is 30.6 Å². The second kappa shape index (κ2) is 6.66. The van der Waals surface area contributed by atoms with Crippen LogP contribution in [0, 0.1) is 0 Å². The molecule has 0 bridgehead atoms. The molecule has 1 atom stereocenters. The van der Waals surface area contributed by atoms with Gasteiger partial charge in [-0.15, -0.1) is 11.8 Å². The first-order chi connectivity index (χ1) is 10.7. The Hall–Kier alpha value is -1.61. The first-order valence-electron chi connectivity index (χ1n) is 7.77. The molecule has 1 aliphatic heterocycles. The summed E-state index contributed by atoms with van der Waals surface area (Å²) in [6, 6.07) is 15.4. The molecule has 0 saturated carbocycles. The molecule has 0 N–H and O–H groups in total. The third-order valence-corrected chi connectivity index (χ3v) is 5.47. The van der Waals surface area contributed by atoms with Gasteiger partial charge in [-0.3, -0.25) is 0 Å². The van der Waals surface area contributed by atoms with Crippen LogP contribution in [0.15, 0.2) is 47.4 Å². The molecular formula is C19H23NOS. The van der Waals surface area contributed by atoms with E-state index in [0.29, 0.717) is 5.92 Å². The molecule has 3 rings (SSSR count). The molecule has 1 unspecified atom stereocenters. The molecule has 1 aliphatic rings. The lowest BCUT2D eigenvalue weighted by atomic mass is 9.87. The van der Waals surface area contributed by atoms with Gasteiger partial charge in [0.25, 0.3) is 0 Å². The maximum atomic E-state index is 5.29. The van der Waals surface area contributed by atoms with Gasteiger partial charge in [-0.2, -0.15) is 0 Å². The largest absolute Gasteiger partial charge is 0.497 e. The van der Waals surface area contributed by atoms with Crippen LogP contribution in [-0.2, 0) is 0 Å². The lowest BCUT2D eigenvalue weighted by Crippen LogP contribution is -2.10. The van der Waals surface area contributed by atoms with Crippen LogP contribution in [-0.4, -0.2) is 27.0 Å². The summed E-state index contributed by atoms with van der Waals surface area (Å²) in [5.41, 5.74) is 4.14. The molecule has 3 heteroatoms. The predicted octanol–water partition coefficient (Wildman–Crippen LogP) is 4.78. The fourth-order valence-electron chi connectivity index (χ4n) is 3.03. The Kier molecular flexibility index (Phi) is 4.63. The first kappa shape index (κ1) is 15.3. The van der Waals surface area contributed by atoms with Gasteiger partial charge in [0.1, 0.15) is 5.75 Å². The van der Waals surface area contributed by atoms with Crippen molar-refractivity contribution < 1.29 is 4.74 Å². The van der Waals surface area contributed by atoms with E-state index in [1.165, 1.54) is 40.3 Å². The standard InChI is InChI=1S/C19H23NOS/c1-20(2)15-8-11-19-18(13-15)17(5-4-12-22-19)14-6-9-16(21-3)10-7-14/h6-11,13,17H,4-5,12H2,1-3H3. The number of hydrogen-bond donors (Lipinski definition) is 0. The zero-order valence-electron chi connectivity index (χ0n) is 13.5. The van der Waals surface area contributed by atoms with Crippen LogP contribution in [0.1, 0.15) is 29.9 Å². The molecule has 2 nitrogen and oxygen atoms in total. The molecule has 0 fully saturated rings. The predicted molar refractivity (Wildman–Crippen MR) is 95.6 cm³/mol. The molecule has 22 heavy (non-hydrogen) atoms. The van der Waals surface area contributed by atoms with Crippen molar-refractivity contribution in [1.82, 2.24) is 0 Å². The van der Waals surface area contributed by atoms with Crippen LogP contribution in [0.25, 0.3) is 0 Å². The summed E-state index contributed by atoms with van der Waals surface area (Å²) >= 11 is 1.99. The number of anilines is 1. The van der Waals surface area contributed by atoms with Crippen molar-refractivity contribution in [1.29, 1.82) is 0 Å². The Morgan fingerprint density at radius 2 is 1.86 bits per heavy atom. The highest BCUT2D eigenvalue weighted by Gasteiger charge is 2.21. The second-order valence-electron chi connectivity index (χ2n) is 5.93. The molecule has 0 radical (unpaired) electrons. The van der Waals surface area contributed by atoms with Crippen molar-refractivity contribution in [3.05, 3.63) is 53.6 Å². The second-order valence-corrected chi connectivity index (χ2v) is 7.07. The Balaban J connectivity index is 2.02. The maximum absolute atomic E-state index is 5.29. The minimum Gasteiger partial charge on any atom is -0.497 e. The lowest BCUT2D eigenvalue weighted by Gasteiger charge is -2.21. The molecule has 2 aromatic rings. The molecule has 0 spiro atoms. The molecule has 2 aromatic carbocycles.